The van der Waals surface area contributed by atoms with E-state index >= 15 is 0 Å². The Balaban J connectivity index is 2.05. The number of hydrogen-bond acceptors (Lipinski definition) is 3. The molecule has 2 rings (SSSR count). The summed E-state index contributed by atoms with van der Waals surface area (Å²) in [5.41, 5.74) is 1.49. The van der Waals surface area contributed by atoms with Gasteiger partial charge in [-0.15, -0.1) is 0 Å². The number of nitrogens with one attached hydrogen (secondary N) is 2. The molecule has 0 saturated carbocycles. The molecule has 0 radical (unpaired) electrons. The minimum absolute atomic E-state index is 0.0517. The van der Waals surface area contributed by atoms with Crippen LogP contribution in [0.4, 0.5) is 10.1 Å². The molecule has 2 aromatic rings. The molecule has 2 atom stereocenters. The summed E-state index contributed by atoms with van der Waals surface area (Å²) in [6.07, 6.45) is 0. The van der Waals surface area contributed by atoms with E-state index in [0.29, 0.717) is 21.8 Å². The first-order chi connectivity index (χ1) is 11.8. The van der Waals surface area contributed by atoms with Gasteiger partial charge in [-0.2, -0.15) is 5.26 Å². The molecule has 1 amide bonds. The van der Waals surface area contributed by atoms with Crippen LogP contribution in [0.3, 0.4) is 0 Å². The minimum atomic E-state index is -0.574. The second-order valence-electron chi connectivity index (χ2n) is 5.58. The van der Waals surface area contributed by atoms with E-state index in [1.54, 1.807) is 38.1 Å². The van der Waals surface area contributed by atoms with E-state index in [0.717, 1.165) is 0 Å². The summed E-state index contributed by atoms with van der Waals surface area (Å²) in [6.45, 7) is 3.45. The fourth-order valence-corrected chi connectivity index (χ4v) is 2.87. The average Bonchev–Trinajstić information content (AvgIpc) is 2.58. The molecule has 0 heterocycles. The molecule has 130 valence electrons. The standard InChI is InChI=1S/C18H16Cl2FN3O/c1-10(14-7-17(21)16(20)8-15(14)19)23-11(2)18(25)24-13-5-3-4-12(6-13)9-22/h3-8,10-11,23H,1-2H3,(H,24,25)/t10-,11+/m0/s1. The summed E-state index contributed by atoms with van der Waals surface area (Å²) >= 11 is 11.8. The third kappa shape index (κ3) is 4.93. The third-order valence-corrected chi connectivity index (χ3v) is 4.28. The quantitative estimate of drug-likeness (QED) is 0.741. The lowest BCUT2D eigenvalue weighted by atomic mass is 10.1. The zero-order valence-electron chi connectivity index (χ0n) is 13.6. The number of hydrogen-bond donors (Lipinski definition) is 2. The molecule has 0 unspecified atom stereocenters. The summed E-state index contributed by atoms with van der Waals surface area (Å²) in [7, 11) is 0. The van der Waals surface area contributed by atoms with Crippen LogP contribution in [0.1, 0.15) is 31.0 Å². The van der Waals surface area contributed by atoms with E-state index in [4.69, 9.17) is 28.5 Å². The summed E-state index contributed by atoms with van der Waals surface area (Å²) < 4.78 is 13.7. The van der Waals surface area contributed by atoms with Crippen LogP contribution in [0.25, 0.3) is 0 Å². The predicted octanol–water partition coefficient (Wildman–Crippen LogP) is 4.68. The van der Waals surface area contributed by atoms with Crippen LogP contribution in [0.2, 0.25) is 10.0 Å². The maximum atomic E-state index is 13.7. The number of benzene rings is 2. The van der Waals surface area contributed by atoms with Gasteiger partial charge >= 0.3 is 0 Å². The van der Waals surface area contributed by atoms with Crippen molar-refractivity contribution in [3.05, 3.63) is 63.4 Å². The van der Waals surface area contributed by atoms with Crippen LogP contribution in [0.5, 0.6) is 0 Å². The molecule has 0 fully saturated rings. The van der Waals surface area contributed by atoms with Crippen molar-refractivity contribution in [2.45, 2.75) is 25.9 Å². The molecule has 0 aliphatic rings. The number of carbonyl (C=O) groups excluding carboxylic acids is 1. The molecule has 0 aliphatic heterocycles. The highest BCUT2D eigenvalue weighted by Crippen LogP contribution is 2.28. The Morgan fingerprint density at radius 2 is 1.92 bits per heavy atom. The van der Waals surface area contributed by atoms with Crippen molar-refractivity contribution in [1.29, 1.82) is 5.26 Å². The lowest BCUT2D eigenvalue weighted by Crippen LogP contribution is -2.39. The number of nitrogens with zero attached hydrogens (tertiary/aromatic N) is 1. The molecule has 0 aliphatic carbocycles. The maximum absolute atomic E-state index is 13.7. The van der Waals surface area contributed by atoms with Crippen molar-refractivity contribution in [3.63, 3.8) is 0 Å². The molecule has 0 aromatic heterocycles. The van der Waals surface area contributed by atoms with Gasteiger partial charge in [-0.05, 0) is 49.7 Å². The van der Waals surface area contributed by atoms with Gasteiger partial charge < -0.3 is 5.32 Å². The second-order valence-corrected chi connectivity index (χ2v) is 6.39. The van der Waals surface area contributed by atoms with Gasteiger partial charge in [-0.1, -0.05) is 29.3 Å². The highest BCUT2D eigenvalue weighted by atomic mass is 35.5. The predicted molar refractivity (Wildman–Crippen MR) is 97.2 cm³/mol. The van der Waals surface area contributed by atoms with Crippen LogP contribution >= 0.6 is 23.2 Å². The Kier molecular flexibility index (Phi) is 6.38. The molecule has 2 N–H and O–H groups in total. The number of anilines is 1. The van der Waals surface area contributed by atoms with E-state index in [-0.39, 0.29) is 17.0 Å². The summed E-state index contributed by atoms with van der Waals surface area (Å²) in [6, 6.07) is 10.3. The van der Waals surface area contributed by atoms with Crippen molar-refractivity contribution in [1.82, 2.24) is 5.32 Å². The molecule has 0 bridgehead atoms. The lowest BCUT2D eigenvalue weighted by Gasteiger charge is -2.21. The van der Waals surface area contributed by atoms with Gasteiger partial charge in [0.25, 0.3) is 0 Å². The normalized spacial score (nSPS) is 13.0. The molecule has 0 spiro atoms. The Bertz CT molecular complexity index is 836. The van der Waals surface area contributed by atoms with Crippen LogP contribution < -0.4 is 10.6 Å². The topological polar surface area (TPSA) is 64.9 Å². The number of carbonyl (C=O) groups is 1. The van der Waals surface area contributed by atoms with E-state index in [9.17, 15) is 9.18 Å². The molecule has 4 nitrogen and oxygen atoms in total. The Hall–Kier alpha value is -2.13. The average molecular weight is 380 g/mol. The van der Waals surface area contributed by atoms with Crippen LogP contribution in [-0.4, -0.2) is 11.9 Å². The summed E-state index contributed by atoms with van der Waals surface area (Å²) in [5, 5.41) is 14.9. The van der Waals surface area contributed by atoms with Gasteiger partial charge in [-0.25, -0.2) is 4.39 Å². The molecule has 0 saturated heterocycles. The zero-order valence-corrected chi connectivity index (χ0v) is 15.1. The van der Waals surface area contributed by atoms with E-state index < -0.39 is 11.9 Å². The third-order valence-electron chi connectivity index (χ3n) is 3.66. The lowest BCUT2D eigenvalue weighted by molar-refractivity contribution is -0.117. The fraction of sp³-hybridized carbons (Fsp3) is 0.222. The van der Waals surface area contributed by atoms with Crippen molar-refractivity contribution in [3.8, 4) is 6.07 Å². The van der Waals surface area contributed by atoms with Crippen molar-refractivity contribution in [2.24, 2.45) is 0 Å². The smallest absolute Gasteiger partial charge is 0.241 e. The minimum Gasteiger partial charge on any atom is -0.325 e. The molecular formula is C18H16Cl2FN3O. The Morgan fingerprint density at radius 3 is 2.60 bits per heavy atom. The Morgan fingerprint density at radius 1 is 1.20 bits per heavy atom. The highest BCUT2D eigenvalue weighted by Gasteiger charge is 2.19. The number of nitriles is 1. The van der Waals surface area contributed by atoms with Crippen LogP contribution in [0.15, 0.2) is 36.4 Å². The van der Waals surface area contributed by atoms with Gasteiger partial charge in [0.1, 0.15) is 5.82 Å². The van der Waals surface area contributed by atoms with Crippen LogP contribution in [0, 0.1) is 17.1 Å². The highest BCUT2D eigenvalue weighted by molar-refractivity contribution is 6.35. The first-order valence-electron chi connectivity index (χ1n) is 7.53. The SMILES string of the molecule is C[C@H](N[C@H](C)C(=O)Nc1cccc(C#N)c1)c1cc(F)c(Cl)cc1Cl. The number of halogens is 3. The first kappa shape index (κ1) is 19.2. The number of rotatable bonds is 5. The molecule has 2 aromatic carbocycles. The molecule has 25 heavy (non-hydrogen) atoms. The zero-order chi connectivity index (χ0) is 18.6. The molecular weight excluding hydrogens is 364 g/mol. The number of amides is 1. The summed E-state index contributed by atoms with van der Waals surface area (Å²) in [5.74, 6) is -0.854. The Labute approximate surface area is 155 Å². The van der Waals surface area contributed by atoms with Gasteiger partial charge in [-0.3, -0.25) is 10.1 Å². The van der Waals surface area contributed by atoms with E-state index in [2.05, 4.69) is 10.6 Å². The van der Waals surface area contributed by atoms with E-state index in [1.807, 2.05) is 6.07 Å². The largest absolute Gasteiger partial charge is 0.325 e. The fourth-order valence-electron chi connectivity index (χ4n) is 2.33. The monoisotopic (exact) mass is 379 g/mol. The van der Waals surface area contributed by atoms with Crippen LogP contribution in [-0.2, 0) is 4.79 Å². The second kappa shape index (κ2) is 8.30. The first-order valence-corrected chi connectivity index (χ1v) is 8.29. The maximum Gasteiger partial charge on any atom is 0.241 e. The van der Waals surface area contributed by atoms with Gasteiger partial charge in [0.2, 0.25) is 5.91 Å². The summed E-state index contributed by atoms with van der Waals surface area (Å²) in [4.78, 5) is 12.3. The van der Waals surface area contributed by atoms with Gasteiger partial charge in [0.05, 0.1) is 22.7 Å². The molecule has 7 heteroatoms. The van der Waals surface area contributed by atoms with E-state index in [1.165, 1.54) is 12.1 Å². The van der Waals surface area contributed by atoms with Gasteiger partial charge in [0, 0.05) is 16.8 Å². The van der Waals surface area contributed by atoms with Crippen molar-refractivity contribution >= 4 is 34.8 Å². The van der Waals surface area contributed by atoms with Crippen molar-refractivity contribution in [2.75, 3.05) is 5.32 Å². The van der Waals surface area contributed by atoms with Crippen molar-refractivity contribution < 1.29 is 9.18 Å². The van der Waals surface area contributed by atoms with Gasteiger partial charge in [0.15, 0.2) is 0 Å².